The molecule has 1 heterocycles. The minimum atomic E-state index is -0.773. The van der Waals surface area contributed by atoms with E-state index in [4.69, 9.17) is 21.1 Å². The summed E-state index contributed by atoms with van der Waals surface area (Å²) in [5, 5.41) is 11.0. The standard InChI is InChI=1S/C16H15ClN2O7S/c1-2-25-15(21)8-14-18(13(20)9-27-14)5-6-26-16(22)11-4-3-10(19(23)24)7-12(11)17/h3-4,7-8H,2,5-6,9H2,1H3/b14-8-. The fourth-order valence-corrected chi connectivity index (χ4v) is 3.35. The van der Waals surface area contributed by atoms with E-state index in [9.17, 15) is 24.5 Å². The first-order chi connectivity index (χ1) is 12.8. The highest BCUT2D eigenvalue weighted by molar-refractivity contribution is 8.04. The summed E-state index contributed by atoms with van der Waals surface area (Å²) in [7, 11) is 0. The average Bonchev–Trinajstić information content (AvgIpc) is 2.94. The molecular weight excluding hydrogens is 400 g/mol. The van der Waals surface area contributed by atoms with E-state index in [0.29, 0.717) is 5.03 Å². The second kappa shape index (κ2) is 9.38. The Morgan fingerprint density at radius 2 is 2.15 bits per heavy atom. The van der Waals surface area contributed by atoms with E-state index in [2.05, 4.69) is 0 Å². The smallest absolute Gasteiger partial charge is 0.339 e. The molecule has 1 aliphatic rings. The van der Waals surface area contributed by atoms with Crippen molar-refractivity contribution in [2.45, 2.75) is 6.92 Å². The quantitative estimate of drug-likeness (QED) is 0.289. The number of rotatable bonds is 7. The van der Waals surface area contributed by atoms with Gasteiger partial charge in [-0.05, 0) is 13.0 Å². The van der Waals surface area contributed by atoms with Crippen molar-refractivity contribution < 1.29 is 28.8 Å². The van der Waals surface area contributed by atoms with Crippen molar-refractivity contribution in [2.24, 2.45) is 0 Å². The number of nitrogens with zero attached hydrogens (tertiary/aromatic N) is 2. The maximum atomic E-state index is 12.1. The SMILES string of the molecule is CCOC(=O)/C=C1\SCC(=O)N1CCOC(=O)c1ccc([N+](=O)[O-])cc1Cl. The minimum absolute atomic E-state index is 0.0216. The molecule has 2 rings (SSSR count). The summed E-state index contributed by atoms with van der Waals surface area (Å²) in [6.07, 6.45) is 1.22. The summed E-state index contributed by atoms with van der Waals surface area (Å²) in [5.41, 5.74) is -0.267. The molecular formula is C16H15ClN2O7S. The van der Waals surface area contributed by atoms with E-state index < -0.39 is 16.9 Å². The molecule has 27 heavy (non-hydrogen) atoms. The Balaban J connectivity index is 1.96. The van der Waals surface area contributed by atoms with Crippen LogP contribution < -0.4 is 0 Å². The van der Waals surface area contributed by atoms with Crippen LogP contribution in [0, 0.1) is 10.1 Å². The largest absolute Gasteiger partial charge is 0.463 e. The van der Waals surface area contributed by atoms with Crippen molar-refractivity contribution in [1.82, 2.24) is 4.90 Å². The summed E-state index contributed by atoms with van der Waals surface area (Å²) in [6, 6.07) is 3.40. The Morgan fingerprint density at radius 1 is 1.41 bits per heavy atom. The summed E-state index contributed by atoms with van der Waals surface area (Å²) >= 11 is 7.06. The Morgan fingerprint density at radius 3 is 2.78 bits per heavy atom. The van der Waals surface area contributed by atoms with Gasteiger partial charge in [0.25, 0.3) is 5.69 Å². The fraction of sp³-hybridized carbons (Fsp3) is 0.312. The van der Waals surface area contributed by atoms with Crippen LogP contribution in [-0.2, 0) is 19.1 Å². The molecule has 0 radical (unpaired) electrons. The zero-order valence-corrected chi connectivity index (χ0v) is 15.7. The number of ether oxygens (including phenoxy) is 2. The lowest BCUT2D eigenvalue weighted by atomic mass is 10.2. The van der Waals surface area contributed by atoms with Gasteiger partial charge in [0.2, 0.25) is 5.91 Å². The summed E-state index contributed by atoms with van der Waals surface area (Å²) in [5.74, 6) is -1.38. The van der Waals surface area contributed by atoms with Gasteiger partial charge in [-0.15, -0.1) is 0 Å². The zero-order chi connectivity index (χ0) is 20.0. The summed E-state index contributed by atoms with van der Waals surface area (Å²) in [4.78, 5) is 46.9. The lowest BCUT2D eigenvalue weighted by molar-refractivity contribution is -0.384. The molecule has 0 unspecified atom stereocenters. The molecule has 11 heteroatoms. The second-order valence-electron chi connectivity index (χ2n) is 5.13. The number of amides is 1. The Labute approximate surface area is 163 Å². The maximum absolute atomic E-state index is 12.1. The highest BCUT2D eigenvalue weighted by atomic mass is 35.5. The van der Waals surface area contributed by atoms with Crippen LogP contribution in [0.15, 0.2) is 29.3 Å². The number of non-ortho nitro benzene ring substituents is 1. The van der Waals surface area contributed by atoms with E-state index in [0.717, 1.165) is 12.1 Å². The molecule has 0 saturated carbocycles. The van der Waals surface area contributed by atoms with E-state index in [-0.39, 0.29) is 47.7 Å². The van der Waals surface area contributed by atoms with Gasteiger partial charge in [0.15, 0.2) is 0 Å². The van der Waals surface area contributed by atoms with E-state index >= 15 is 0 Å². The first-order valence-electron chi connectivity index (χ1n) is 7.76. The Kier molecular flexibility index (Phi) is 7.19. The van der Waals surface area contributed by atoms with E-state index in [1.54, 1.807) is 6.92 Å². The second-order valence-corrected chi connectivity index (χ2v) is 6.53. The van der Waals surface area contributed by atoms with Crippen LogP contribution in [0.4, 0.5) is 5.69 Å². The number of carbonyl (C=O) groups is 3. The van der Waals surface area contributed by atoms with Crippen LogP contribution in [0.5, 0.6) is 0 Å². The predicted octanol–water partition coefficient (Wildman–Crippen LogP) is 2.38. The molecule has 1 amide bonds. The first-order valence-corrected chi connectivity index (χ1v) is 9.12. The molecule has 0 spiro atoms. The highest BCUT2D eigenvalue weighted by Crippen LogP contribution is 2.28. The highest BCUT2D eigenvalue weighted by Gasteiger charge is 2.27. The van der Waals surface area contributed by atoms with Crippen LogP contribution in [0.3, 0.4) is 0 Å². The lowest BCUT2D eigenvalue weighted by Gasteiger charge is -2.17. The average molecular weight is 415 g/mol. The maximum Gasteiger partial charge on any atom is 0.339 e. The minimum Gasteiger partial charge on any atom is -0.463 e. The third-order valence-electron chi connectivity index (χ3n) is 3.37. The summed E-state index contributed by atoms with van der Waals surface area (Å²) in [6.45, 7) is 1.80. The van der Waals surface area contributed by atoms with Gasteiger partial charge in [-0.1, -0.05) is 23.4 Å². The molecule has 1 fully saturated rings. The van der Waals surface area contributed by atoms with Gasteiger partial charge in [0.1, 0.15) is 6.61 Å². The molecule has 1 aromatic rings. The molecule has 1 saturated heterocycles. The number of esters is 2. The van der Waals surface area contributed by atoms with Crippen LogP contribution in [-0.4, -0.2) is 53.2 Å². The number of halogens is 1. The normalized spacial score (nSPS) is 15.1. The molecule has 9 nitrogen and oxygen atoms in total. The van der Waals surface area contributed by atoms with Gasteiger partial charge in [0, 0.05) is 12.1 Å². The van der Waals surface area contributed by atoms with Crippen molar-refractivity contribution in [3.05, 3.63) is 50.0 Å². The molecule has 0 atom stereocenters. The van der Waals surface area contributed by atoms with Crippen molar-refractivity contribution >= 4 is 46.9 Å². The van der Waals surface area contributed by atoms with Crippen molar-refractivity contribution in [3.63, 3.8) is 0 Å². The van der Waals surface area contributed by atoms with Gasteiger partial charge < -0.3 is 14.4 Å². The van der Waals surface area contributed by atoms with Crippen molar-refractivity contribution in [3.8, 4) is 0 Å². The Hall–Kier alpha value is -2.59. The fourth-order valence-electron chi connectivity index (χ4n) is 2.14. The molecule has 0 aliphatic carbocycles. The number of hydrogen-bond acceptors (Lipinski definition) is 8. The van der Waals surface area contributed by atoms with Crippen molar-refractivity contribution in [1.29, 1.82) is 0 Å². The number of hydrogen-bond donors (Lipinski definition) is 0. The number of carbonyl (C=O) groups excluding carboxylic acids is 3. The monoisotopic (exact) mass is 414 g/mol. The molecule has 144 valence electrons. The van der Waals surface area contributed by atoms with E-state index in [1.165, 1.54) is 28.8 Å². The number of nitro groups is 1. The third-order valence-corrected chi connectivity index (χ3v) is 4.71. The van der Waals surface area contributed by atoms with Crippen LogP contribution >= 0.6 is 23.4 Å². The van der Waals surface area contributed by atoms with Gasteiger partial charge in [-0.25, -0.2) is 9.59 Å². The topological polar surface area (TPSA) is 116 Å². The molecule has 0 N–H and O–H groups in total. The third kappa shape index (κ3) is 5.44. The zero-order valence-electron chi connectivity index (χ0n) is 14.2. The molecule has 1 aliphatic heterocycles. The van der Waals surface area contributed by atoms with Gasteiger partial charge in [-0.2, -0.15) is 0 Å². The number of nitro benzene ring substituents is 1. The molecule has 0 aromatic heterocycles. The van der Waals surface area contributed by atoms with Crippen molar-refractivity contribution in [2.75, 3.05) is 25.5 Å². The van der Waals surface area contributed by atoms with Gasteiger partial charge in [-0.3, -0.25) is 14.9 Å². The van der Waals surface area contributed by atoms with Crippen LogP contribution in [0.25, 0.3) is 0 Å². The van der Waals surface area contributed by atoms with E-state index in [1.807, 2.05) is 0 Å². The first kappa shape index (κ1) is 20.7. The number of benzene rings is 1. The van der Waals surface area contributed by atoms with Crippen LogP contribution in [0.2, 0.25) is 5.02 Å². The van der Waals surface area contributed by atoms with Gasteiger partial charge >= 0.3 is 11.9 Å². The molecule has 1 aromatic carbocycles. The number of thioether (sulfide) groups is 1. The predicted molar refractivity (Wildman–Crippen MR) is 97.3 cm³/mol. The molecule has 0 bridgehead atoms. The van der Waals surface area contributed by atoms with Gasteiger partial charge in [0.05, 0.1) is 45.5 Å². The Bertz CT molecular complexity index is 812. The summed E-state index contributed by atoms with van der Waals surface area (Å²) < 4.78 is 9.89. The van der Waals surface area contributed by atoms with Crippen LogP contribution in [0.1, 0.15) is 17.3 Å². The lowest BCUT2D eigenvalue weighted by Crippen LogP contribution is -2.29.